The first-order valence-corrected chi connectivity index (χ1v) is 7.45. The van der Waals surface area contributed by atoms with Crippen LogP contribution in [0.3, 0.4) is 0 Å². The van der Waals surface area contributed by atoms with Gasteiger partial charge in [0.05, 0.1) is 12.0 Å². The van der Waals surface area contributed by atoms with Crippen LogP contribution in [0.15, 0.2) is 42.5 Å². The van der Waals surface area contributed by atoms with E-state index in [1.807, 2.05) is 19.1 Å². The topological polar surface area (TPSA) is 105 Å². The predicted molar refractivity (Wildman–Crippen MR) is 91.2 cm³/mol. The SMILES string of the molecule is COc1ccc(C)cc1/C=C/C(=O)NCc1cc([N+](=O)[O-])ccc1[O-]. The fraction of sp³-hybridized carbons (Fsp3) is 0.167. The Morgan fingerprint density at radius 3 is 2.72 bits per heavy atom. The summed E-state index contributed by atoms with van der Waals surface area (Å²) in [7, 11) is 1.54. The van der Waals surface area contributed by atoms with Gasteiger partial charge in [-0.2, -0.15) is 0 Å². The second-order valence-electron chi connectivity index (χ2n) is 5.35. The van der Waals surface area contributed by atoms with E-state index in [0.29, 0.717) is 5.75 Å². The molecule has 0 unspecified atom stereocenters. The molecule has 0 bridgehead atoms. The number of hydrogen-bond acceptors (Lipinski definition) is 5. The number of aryl methyl sites for hydroxylation is 1. The second kappa shape index (κ2) is 7.96. The van der Waals surface area contributed by atoms with Crippen LogP contribution in [-0.4, -0.2) is 17.9 Å². The predicted octanol–water partition coefficient (Wildman–Crippen LogP) is 2.32. The molecule has 130 valence electrons. The van der Waals surface area contributed by atoms with Gasteiger partial charge in [-0.3, -0.25) is 14.9 Å². The third-order valence-corrected chi connectivity index (χ3v) is 3.51. The number of benzene rings is 2. The summed E-state index contributed by atoms with van der Waals surface area (Å²) < 4.78 is 5.23. The number of methoxy groups -OCH3 is 1. The van der Waals surface area contributed by atoms with E-state index in [9.17, 15) is 20.0 Å². The standard InChI is InChI=1S/C18H18N2O5/c1-12-3-7-17(25-2)13(9-12)4-8-18(22)19-11-14-10-15(20(23)24)5-6-16(14)21/h3-10,21H,11H2,1-2H3,(H,19,22)/p-1/b8-4+. The molecule has 1 N–H and O–H groups in total. The first kappa shape index (κ1) is 18.0. The number of nitrogens with zero attached hydrogens (tertiary/aromatic N) is 1. The van der Waals surface area contributed by atoms with Crippen molar-refractivity contribution in [2.24, 2.45) is 0 Å². The van der Waals surface area contributed by atoms with Gasteiger partial charge in [0, 0.05) is 30.3 Å². The largest absolute Gasteiger partial charge is 0.872 e. The summed E-state index contributed by atoms with van der Waals surface area (Å²) in [6.45, 7) is 1.84. The number of nitro groups is 1. The van der Waals surface area contributed by atoms with E-state index < -0.39 is 10.8 Å². The third-order valence-electron chi connectivity index (χ3n) is 3.51. The van der Waals surface area contributed by atoms with Crippen LogP contribution in [-0.2, 0) is 11.3 Å². The number of hydrogen-bond donors (Lipinski definition) is 1. The minimum absolute atomic E-state index is 0.0887. The molecule has 25 heavy (non-hydrogen) atoms. The molecule has 2 rings (SSSR count). The van der Waals surface area contributed by atoms with Gasteiger partial charge in [0.1, 0.15) is 5.75 Å². The van der Waals surface area contributed by atoms with Crippen molar-refractivity contribution >= 4 is 17.7 Å². The highest BCUT2D eigenvalue weighted by atomic mass is 16.6. The number of carbonyl (C=O) groups excluding carboxylic acids is 1. The lowest BCUT2D eigenvalue weighted by Crippen LogP contribution is -2.21. The monoisotopic (exact) mass is 341 g/mol. The molecule has 0 aliphatic rings. The van der Waals surface area contributed by atoms with Gasteiger partial charge in [0.25, 0.3) is 5.69 Å². The van der Waals surface area contributed by atoms with E-state index in [4.69, 9.17) is 4.74 Å². The number of ether oxygens (including phenoxy) is 1. The molecule has 0 aliphatic carbocycles. The molecule has 0 aliphatic heterocycles. The zero-order chi connectivity index (χ0) is 18.4. The molecule has 0 saturated heterocycles. The van der Waals surface area contributed by atoms with E-state index in [-0.39, 0.29) is 23.5 Å². The number of nitro benzene ring substituents is 1. The quantitative estimate of drug-likeness (QED) is 0.493. The molecule has 7 nitrogen and oxygen atoms in total. The first-order chi connectivity index (χ1) is 11.9. The Bertz CT molecular complexity index is 830. The normalized spacial score (nSPS) is 10.6. The van der Waals surface area contributed by atoms with Gasteiger partial charge in [-0.05, 0) is 30.7 Å². The van der Waals surface area contributed by atoms with Crippen LogP contribution in [0.25, 0.3) is 6.08 Å². The van der Waals surface area contributed by atoms with Crippen LogP contribution in [0, 0.1) is 17.0 Å². The van der Waals surface area contributed by atoms with Gasteiger partial charge < -0.3 is 15.2 Å². The van der Waals surface area contributed by atoms with Gasteiger partial charge in [0.2, 0.25) is 5.91 Å². The van der Waals surface area contributed by atoms with E-state index in [0.717, 1.165) is 29.3 Å². The Kier molecular flexibility index (Phi) is 5.73. The molecule has 1 amide bonds. The molecule has 0 heterocycles. The molecule has 0 saturated carbocycles. The average molecular weight is 341 g/mol. The van der Waals surface area contributed by atoms with Gasteiger partial charge in [0.15, 0.2) is 0 Å². The summed E-state index contributed by atoms with van der Waals surface area (Å²) in [6.07, 6.45) is 2.92. The second-order valence-corrected chi connectivity index (χ2v) is 5.35. The van der Waals surface area contributed by atoms with Crippen molar-refractivity contribution in [3.8, 4) is 11.5 Å². The van der Waals surface area contributed by atoms with E-state index >= 15 is 0 Å². The molecule has 7 heteroatoms. The van der Waals surface area contributed by atoms with Crippen molar-refractivity contribution in [3.63, 3.8) is 0 Å². The van der Waals surface area contributed by atoms with Gasteiger partial charge >= 0.3 is 0 Å². The third kappa shape index (κ3) is 4.81. The van der Waals surface area contributed by atoms with Crippen molar-refractivity contribution in [1.82, 2.24) is 5.32 Å². The van der Waals surface area contributed by atoms with Crippen molar-refractivity contribution in [2.45, 2.75) is 13.5 Å². The maximum atomic E-state index is 11.9. The summed E-state index contributed by atoms with van der Waals surface area (Å²) >= 11 is 0. The molecule has 0 fully saturated rings. The number of rotatable bonds is 6. The number of carbonyl (C=O) groups is 1. The number of amides is 1. The van der Waals surface area contributed by atoms with Gasteiger partial charge in [-0.25, -0.2) is 0 Å². The van der Waals surface area contributed by atoms with Gasteiger partial charge in [-0.1, -0.05) is 17.7 Å². The molecule has 0 radical (unpaired) electrons. The Balaban J connectivity index is 2.05. The molecular weight excluding hydrogens is 324 g/mol. The lowest BCUT2D eigenvalue weighted by molar-refractivity contribution is -0.385. The highest BCUT2D eigenvalue weighted by Gasteiger charge is 2.07. The average Bonchev–Trinajstić information content (AvgIpc) is 2.59. The minimum atomic E-state index is -0.589. The maximum Gasteiger partial charge on any atom is 0.269 e. The smallest absolute Gasteiger partial charge is 0.269 e. The van der Waals surface area contributed by atoms with Crippen LogP contribution in [0.5, 0.6) is 11.5 Å². The Hall–Kier alpha value is -3.35. The fourth-order valence-corrected chi connectivity index (χ4v) is 2.21. The van der Waals surface area contributed by atoms with Crippen molar-refractivity contribution in [2.75, 3.05) is 7.11 Å². The summed E-state index contributed by atoms with van der Waals surface area (Å²) in [4.78, 5) is 22.1. The van der Waals surface area contributed by atoms with Crippen LogP contribution < -0.4 is 15.2 Å². The molecule has 2 aromatic carbocycles. The molecule has 0 atom stereocenters. The Morgan fingerprint density at radius 1 is 1.28 bits per heavy atom. The lowest BCUT2D eigenvalue weighted by Gasteiger charge is -2.13. The van der Waals surface area contributed by atoms with Crippen LogP contribution in [0.1, 0.15) is 16.7 Å². The Morgan fingerprint density at radius 2 is 2.04 bits per heavy atom. The fourth-order valence-electron chi connectivity index (χ4n) is 2.21. The van der Waals surface area contributed by atoms with Crippen molar-refractivity contribution in [1.29, 1.82) is 0 Å². The van der Waals surface area contributed by atoms with E-state index in [2.05, 4.69) is 5.32 Å². The van der Waals surface area contributed by atoms with Crippen molar-refractivity contribution in [3.05, 3.63) is 69.3 Å². The zero-order valence-electron chi connectivity index (χ0n) is 13.8. The van der Waals surface area contributed by atoms with Crippen LogP contribution >= 0.6 is 0 Å². The zero-order valence-corrected chi connectivity index (χ0v) is 13.8. The van der Waals surface area contributed by atoms with E-state index in [1.165, 1.54) is 6.08 Å². The summed E-state index contributed by atoms with van der Waals surface area (Å²) in [5, 5.41) is 25.0. The first-order valence-electron chi connectivity index (χ1n) is 7.45. The van der Waals surface area contributed by atoms with Crippen molar-refractivity contribution < 1.29 is 19.6 Å². The van der Waals surface area contributed by atoms with Crippen LogP contribution in [0.4, 0.5) is 5.69 Å². The highest BCUT2D eigenvalue weighted by Crippen LogP contribution is 2.22. The summed E-state index contributed by atoms with van der Waals surface area (Å²) in [5.74, 6) is -0.153. The number of nitrogens with one attached hydrogen (secondary N) is 1. The molecule has 0 aromatic heterocycles. The minimum Gasteiger partial charge on any atom is -0.872 e. The summed E-state index contributed by atoms with van der Waals surface area (Å²) in [6, 6.07) is 8.99. The Labute approximate surface area is 144 Å². The molecule has 2 aromatic rings. The van der Waals surface area contributed by atoms with E-state index in [1.54, 1.807) is 19.3 Å². The highest BCUT2D eigenvalue weighted by molar-refractivity contribution is 5.92. The van der Waals surface area contributed by atoms with Gasteiger partial charge in [-0.15, -0.1) is 5.75 Å². The molecule has 0 spiro atoms. The van der Waals surface area contributed by atoms with Crippen LogP contribution in [0.2, 0.25) is 0 Å². The number of non-ortho nitro benzene ring substituents is 1. The maximum absolute atomic E-state index is 11.9. The summed E-state index contributed by atoms with van der Waals surface area (Å²) in [5.41, 5.74) is 1.74. The lowest BCUT2D eigenvalue weighted by atomic mass is 10.1. The molecular formula is C18H17N2O5-.